The minimum atomic E-state index is -3.52. The van der Waals surface area contributed by atoms with Crippen molar-refractivity contribution in [3.05, 3.63) is 54.1 Å². The fourth-order valence-electron chi connectivity index (χ4n) is 4.76. The Morgan fingerprint density at radius 1 is 1.12 bits per heavy atom. The van der Waals surface area contributed by atoms with Crippen LogP contribution in [0.15, 0.2) is 58.6 Å². The van der Waals surface area contributed by atoms with E-state index in [1.54, 1.807) is 28.2 Å². The van der Waals surface area contributed by atoms with Crippen LogP contribution in [0.3, 0.4) is 0 Å². The number of nitrogens with zero attached hydrogens (tertiary/aromatic N) is 3. The first-order chi connectivity index (χ1) is 16.0. The molecule has 6 nitrogen and oxygen atoms in total. The number of imidazole rings is 1. The molecule has 0 bridgehead atoms. The molecule has 176 valence electrons. The molecule has 1 aromatic heterocycles. The lowest BCUT2D eigenvalue weighted by atomic mass is 10.0. The average molecular weight is 486 g/mol. The molecule has 2 aromatic carbocycles. The number of fused-ring (bicyclic) bond motifs is 1. The summed E-state index contributed by atoms with van der Waals surface area (Å²) < 4.78 is 36.4. The number of benzene rings is 2. The molecule has 0 radical (unpaired) electrons. The Balaban J connectivity index is 1.47. The van der Waals surface area contributed by atoms with Crippen molar-refractivity contribution in [1.82, 2.24) is 13.9 Å². The minimum Gasteiger partial charge on any atom is -0.376 e. The molecule has 0 amide bonds. The van der Waals surface area contributed by atoms with Crippen LogP contribution in [0, 0.1) is 5.92 Å². The van der Waals surface area contributed by atoms with Gasteiger partial charge in [-0.15, -0.1) is 0 Å². The highest BCUT2D eigenvalue weighted by Gasteiger charge is 2.29. The van der Waals surface area contributed by atoms with Crippen molar-refractivity contribution >= 4 is 32.8 Å². The summed E-state index contributed by atoms with van der Waals surface area (Å²) in [5, 5.41) is 0.908. The van der Waals surface area contributed by atoms with Crippen LogP contribution in [-0.4, -0.2) is 48.1 Å². The van der Waals surface area contributed by atoms with Crippen molar-refractivity contribution in [2.75, 3.05) is 19.7 Å². The third-order valence-corrected chi connectivity index (χ3v) is 9.47. The molecule has 3 heterocycles. The first-order valence-corrected chi connectivity index (χ1v) is 14.2. The van der Waals surface area contributed by atoms with E-state index in [0.717, 1.165) is 60.8 Å². The van der Waals surface area contributed by atoms with Gasteiger partial charge in [0, 0.05) is 25.4 Å². The number of thioether (sulfide) groups is 1. The zero-order chi connectivity index (χ0) is 22.8. The smallest absolute Gasteiger partial charge is 0.243 e. The molecular weight excluding hydrogens is 454 g/mol. The third-order valence-electron chi connectivity index (χ3n) is 6.56. The van der Waals surface area contributed by atoms with E-state index < -0.39 is 10.0 Å². The largest absolute Gasteiger partial charge is 0.376 e. The Morgan fingerprint density at radius 2 is 1.97 bits per heavy atom. The molecule has 8 heteroatoms. The normalized spacial score (nSPS) is 22.2. The number of aromatic nitrogens is 2. The van der Waals surface area contributed by atoms with E-state index in [9.17, 15) is 8.42 Å². The van der Waals surface area contributed by atoms with Crippen molar-refractivity contribution < 1.29 is 13.2 Å². The van der Waals surface area contributed by atoms with Crippen molar-refractivity contribution in [2.24, 2.45) is 5.92 Å². The van der Waals surface area contributed by atoms with Crippen LogP contribution in [-0.2, 0) is 27.1 Å². The van der Waals surface area contributed by atoms with E-state index in [1.807, 2.05) is 24.3 Å². The van der Waals surface area contributed by atoms with Crippen molar-refractivity contribution in [3.8, 4) is 0 Å². The van der Waals surface area contributed by atoms with Gasteiger partial charge >= 0.3 is 0 Å². The van der Waals surface area contributed by atoms with Crippen molar-refractivity contribution in [1.29, 1.82) is 0 Å². The molecule has 2 saturated heterocycles. The summed E-state index contributed by atoms with van der Waals surface area (Å²) in [6, 6.07) is 15.8. The highest BCUT2D eigenvalue weighted by atomic mass is 32.2. The molecule has 2 aliphatic rings. The number of piperidine rings is 1. The predicted molar refractivity (Wildman–Crippen MR) is 132 cm³/mol. The van der Waals surface area contributed by atoms with Gasteiger partial charge in [-0.25, -0.2) is 13.4 Å². The maximum absolute atomic E-state index is 13.3. The maximum Gasteiger partial charge on any atom is 0.243 e. The van der Waals surface area contributed by atoms with Crippen LogP contribution in [0.2, 0.25) is 0 Å². The second-order valence-electron chi connectivity index (χ2n) is 9.18. The summed E-state index contributed by atoms with van der Waals surface area (Å²) in [5.74, 6) is 1.20. The molecule has 0 unspecified atom stereocenters. The summed E-state index contributed by atoms with van der Waals surface area (Å²) in [6.07, 6.45) is 4.30. The number of rotatable bonds is 7. The lowest BCUT2D eigenvalue weighted by molar-refractivity contribution is 0.0960. The molecule has 5 rings (SSSR count). The molecule has 0 N–H and O–H groups in total. The van der Waals surface area contributed by atoms with Gasteiger partial charge in [0.2, 0.25) is 10.0 Å². The Kier molecular flexibility index (Phi) is 6.79. The van der Waals surface area contributed by atoms with E-state index in [1.165, 1.54) is 5.56 Å². The van der Waals surface area contributed by atoms with E-state index in [2.05, 4.69) is 23.6 Å². The minimum absolute atomic E-state index is 0.178. The summed E-state index contributed by atoms with van der Waals surface area (Å²) in [6.45, 7) is 4.85. The highest BCUT2D eigenvalue weighted by molar-refractivity contribution is 7.98. The van der Waals surface area contributed by atoms with Crippen molar-refractivity contribution in [3.63, 3.8) is 0 Å². The maximum atomic E-state index is 13.3. The predicted octanol–water partition coefficient (Wildman–Crippen LogP) is 4.93. The molecule has 0 spiro atoms. The van der Waals surface area contributed by atoms with Gasteiger partial charge in [0.15, 0.2) is 5.16 Å². The summed E-state index contributed by atoms with van der Waals surface area (Å²) in [4.78, 5) is 5.23. The van der Waals surface area contributed by atoms with Crippen LogP contribution in [0.4, 0.5) is 0 Å². The molecule has 33 heavy (non-hydrogen) atoms. The average Bonchev–Trinajstić information content (AvgIpc) is 3.46. The van der Waals surface area contributed by atoms with Gasteiger partial charge in [-0.1, -0.05) is 49.0 Å². The van der Waals surface area contributed by atoms with Gasteiger partial charge in [-0.3, -0.25) is 0 Å². The molecule has 2 fully saturated rings. The third kappa shape index (κ3) is 4.99. The highest BCUT2D eigenvalue weighted by Crippen LogP contribution is 2.31. The van der Waals surface area contributed by atoms with Crippen LogP contribution >= 0.6 is 11.8 Å². The van der Waals surface area contributed by atoms with Crippen LogP contribution in [0.1, 0.15) is 38.2 Å². The summed E-state index contributed by atoms with van der Waals surface area (Å²) in [5.41, 5.74) is 2.93. The molecule has 0 aliphatic carbocycles. The fraction of sp³-hybridized carbons (Fsp3) is 0.480. The lowest BCUT2D eigenvalue weighted by Crippen LogP contribution is -2.39. The monoisotopic (exact) mass is 485 g/mol. The molecule has 2 aliphatic heterocycles. The molecule has 0 saturated carbocycles. The number of sulfonamides is 1. The standard InChI is InChI=1S/C25H31N3O3S2/c1-19-7-5-13-27(16-19)33(29,30)22-11-12-24-23(15-22)26-25(28(24)17-21-10-6-14-31-21)32-18-20-8-3-2-4-9-20/h2-4,8-9,11-12,15,19,21H,5-7,10,13-14,16-18H2,1H3/t19-,21+/m1/s1. The first-order valence-electron chi connectivity index (χ1n) is 11.8. The van der Waals surface area contributed by atoms with E-state index in [4.69, 9.17) is 9.72 Å². The second-order valence-corrected chi connectivity index (χ2v) is 12.1. The Hall–Kier alpha value is -1.87. The summed E-state index contributed by atoms with van der Waals surface area (Å²) in [7, 11) is -3.52. The van der Waals surface area contributed by atoms with E-state index in [-0.39, 0.29) is 6.10 Å². The number of hydrogen-bond acceptors (Lipinski definition) is 5. The fourth-order valence-corrected chi connectivity index (χ4v) is 7.36. The summed E-state index contributed by atoms with van der Waals surface area (Å²) >= 11 is 1.69. The van der Waals surface area contributed by atoms with Gasteiger partial charge < -0.3 is 9.30 Å². The number of ether oxygens (including phenoxy) is 1. The zero-order valence-corrected chi connectivity index (χ0v) is 20.7. The number of hydrogen-bond donors (Lipinski definition) is 0. The van der Waals surface area contributed by atoms with Crippen LogP contribution in [0.25, 0.3) is 11.0 Å². The van der Waals surface area contributed by atoms with Crippen LogP contribution in [0.5, 0.6) is 0 Å². The molecule has 2 atom stereocenters. The Bertz CT molecular complexity index is 1200. The van der Waals surface area contributed by atoms with E-state index in [0.29, 0.717) is 23.9 Å². The van der Waals surface area contributed by atoms with Gasteiger partial charge in [-0.2, -0.15) is 4.31 Å². The molecule has 3 aromatic rings. The topological polar surface area (TPSA) is 64.4 Å². The lowest BCUT2D eigenvalue weighted by Gasteiger charge is -2.30. The van der Waals surface area contributed by atoms with Crippen molar-refractivity contribution in [2.45, 2.75) is 61.1 Å². The Morgan fingerprint density at radius 3 is 2.73 bits per heavy atom. The second kappa shape index (κ2) is 9.78. The van der Waals surface area contributed by atoms with E-state index >= 15 is 0 Å². The molecular formula is C25H31N3O3S2. The van der Waals surface area contributed by atoms with Crippen LogP contribution < -0.4 is 0 Å². The van der Waals surface area contributed by atoms with Gasteiger partial charge in [0.1, 0.15) is 0 Å². The zero-order valence-electron chi connectivity index (χ0n) is 19.0. The van der Waals surface area contributed by atoms with Gasteiger partial charge in [0.05, 0.1) is 28.6 Å². The Labute approximate surface area is 200 Å². The van der Waals surface area contributed by atoms with Gasteiger partial charge in [0.25, 0.3) is 0 Å². The quantitative estimate of drug-likeness (QED) is 0.444. The first kappa shape index (κ1) is 22.9. The SMILES string of the molecule is C[C@@H]1CCCN(S(=O)(=O)c2ccc3c(c2)nc(SCc2ccccc2)n3C[C@@H]2CCCO2)C1. The van der Waals surface area contributed by atoms with Gasteiger partial charge in [-0.05, 0) is 55.4 Å².